The van der Waals surface area contributed by atoms with Crippen molar-refractivity contribution in [1.82, 2.24) is 29.4 Å². The van der Waals surface area contributed by atoms with E-state index >= 15 is 4.39 Å². The minimum atomic E-state index is -1.67. The first-order valence-corrected chi connectivity index (χ1v) is 29.0. The van der Waals surface area contributed by atoms with E-state index in [1.807, 2.05) is 29.8 Å². The second-order valence-corrected chi connectivity index (χ2v) is 29.4. The molecule has 4 aromatic heterocycles. The highest BCUT2D eigenvalue weighted by atomic mass is 28.3. The van der Waals surface area contributed by atoms with E-state index < -0.39 is 34.2 Å². The van der Waals surface area contributed by atoms with Crippen LogP contribution in [-0.4, -0.2) is 110 Å². The molecule has 0 aromatic carbocycles. The van der Waals surface area contributed by atoms with Gasteiger partial charge in [0.25, 0.3) is 0 Å². The van der Waals surface area contributed by atoms with Gasteiger partial charge in [-0.1, -0.05) is 51.9 Å². The first-order chi connectivity index (χ1) is 29.0. The highest BCUT2D eigenvalue weighted by Gasteiger charge is 2.37. The normalized spacial score (nSPS) is 16.4. The number of aromatic nitrogens is 6. The minimum Gasteiger partial charge on any atom is -0.494 e. The third kappa shape index (κ3) is 13.3. The summed E-state index contributed by atoms with van der Waals surface area (Å²) < 4.78 is 48.1. The zero-order chi connectivity index (χ0) is 44.3. The molecular weight excluding hydrogens is 814 g/mol. The van der Waals surface area contributed by atoms with Gasteiger partial charge < -0.3 is 28.6 Å². The van der Waals surface area contributed by atoms with Gasteiger partial charge in [0.2, 0.25) is 0 Å². The Kier molecular flexibility index (Phi) is 16.8. The van der Waals surface area contributed by atoms with Crippen LogP contribution in [0.5, 0.6) is 0 Å². The van der Waals surface area contributed by atoms with E-state index in [9.17, 15) is 9.59 Å². The van der Waals surface area contributed by atoms with Crippen LogP contribution in [0, 0.1) is 5.92 Å². The predicted molar refractivity (Wildman–Crippen MR) is 241 cm³/mol. The SMILES string of the molecule is C=C(OCC)c1c(N(COCC[Si](C)(C)C)COCC[Si](C)(C)C)n2ncc(-c3ccc(-c4cnn(CCOC(C)=O)c4)nc3)c2nc1[C@H]1CC[C@@H](C(F)C(=O)OCC)CC1. The van der Waals surface area contributed by atoms with Crippen molar-refractivity contribution in [2.75, 3.05) is 51.4 Å². The highest BCUT2D eigenvalue weighted by Crippen LogP contribution is 2.43. The number of hydrogen-bond acceptors (Lipinski definition) is 12. The third-order valence-corrected chi connectivity index (χ3v) is 14.2. The van der Waals surface area contributed by atoms with Crippen LogP contribution in [-0.2, 0) is 39.8 Å². The lowest BCUT2D eigenvalue weighted by Crippen LogP contribution is -2.35. The zero-order valence-electron chi connectivity index (χ0n) is 37.7. The average molecular weight is 880 g/mol. The number of hydrogen-bond donors (Lipinski definition) is 0. The summed E-state index contributed by atoms with van der Waals surface area (Å²) in [5, 5.41) is 9.38. The first kappa shape index (κ1) is 47.6. The molecule has 0 spiro atoms. The van der Waals surface area contributed by atoms with Crippen LogP contribution in [0.3, 0.4) is 0 Å². The van der Waals surface area contributed by atoms with Crippen LogP contribution in [0.25, 0.3) is 33.8 Å². The van der Waals surface area contributed by atoms with Gasteiger partial charge in [0.1, 0.15) is 31.6 Å². The smallest absolute Gasteiger partial charge is 0.341 e. The molecule has 334 valence electrons. The van der Waals surface area contributed by atoms with Crippen molar-refractivity contribution in [2.24, 2.45) is 5.92 Å². The van der Waals surface area contributed by atoms with E-state index in [1.54, 1.807) is 30.2 Å². The summed E-state index contributed by atoms with van der Waals surface area (Å²) in [6.45, 7) is 26.3. The Bertz CT molecular complexity index is 2050. The Morgan fingerprint density at radius 2 is 1.52 bits per heavy atom. The summed E-state index contributed by atoms with van der Waals surface area (Å²) in [4.78, 5) is 35.9. The molecule has 17 heteroatoms. The second-order valence-electron chi connectivity index (χ2n) is 18.1. The summed E-state index contributed by atoms with van der Waals surface area (Å²) in [6.07, 6.45) is 7.73. The molecule has 0 N–H and O–H groups in total. The summed E-state index contributed by atoms with van der Waals surface area (Å²) in [5.41, 5.74) is 5.22. The Balaban J connectivity index is 1.60. The number of halogens is 1. The van der Waals surface area contributed by atoms with E-state index in [0.717, 1.165) is 40.2 Å². The molecule has 5 rings (SSSR count). The van der Waals surface area contributed by atoms with Crippen LogP contribution in [0.1, 0.15) is 63.6 Å². The van der Waals surface area contributed by atoms with Gasteiger partial charge in [-0.25, -0.2) is 14.2 Å². The van der Waals surface area contributed by atoms with Gasteiger partial charge in [-0.3, -0.25) is 14.5 Å². The molecule has 0 bridgehead atoms. The van der Waals surface area contributed by atoms with Crippen molar-refractivity contribution in [3.63, 3.8) is 0 Å². The monoisotopic (exact) mass is 879 g/mol. The molecule has 1 aliphatic rings. The van der Waals surface area contributed by atoms with Crippen LogP contribution < -0.4 is 4.90 Å². The summed E-state index contributed by atoms with van der Waals surface area (Å²) >= 11 is 0. The van der Waals surface area contributed by atoms with E-state index in [4.69, 9.17) is 38.8 Å². The van der Waals surface area contributed by atoms with Crippen molar-refractivity contribution in [2.45, 2.75) is 116 Å². The molecule has 61 heavy (non-hydrogen) atoms. The molecule has 1 fully saturated rings. The van der Waals surface area contributed by atoms with Crippen molar-refractivity contribution >= 4 is 45.3 Å². The fourth-order valence-electron chi connectivity index (χ4n) is 7.29. The van der Waals surface area contributed by atoms with Gasteiger partial charge >= 0.3 is 11.9 Å². The van der Waals surface area contributed by atoms with Gasteiger partial charge in [-0.2, -0.15) is 14.7 Å². The summed E-state index contributed by atoms with van der Waals surface area (Å²) in [7, 11) is -2.77. The number of rotatable bonds is 23. The second kappa shape index (κ2) is 21.6. The summed E-state index contributed by atoms with van der Waals surface area (Å²) in [5.74, 6) is -0.528. The van der Waals surface area contributed by atoms with Crippen molar-refractivity contribution in [3.8, 4) is 22.4 Å². The maximum absolute atomic E-state index is 15.3. The van der Waals surface area contributed by atoms with E-state index in [1.165, 1.54) is 6.92 Å². The number of anilines is 1. The largest absolute Gasteiger partial charge is 0.494 e. The Morgan fingerprint density at radius 1 is 0.869 bits per heavy atom. The van der Waals surface area contributed by atoms with Crippen molar-refractivity contribution < 1.29 is 37.7 Å². The van der Waals surface area contributed by atoms with E-state index in [-0.39, 0.29) is 38.6 Å². The van der Waals surface area contributed by atoms with Crippen LogP contribution >= 0.6 is 0 Å². The number of ether oxygens (including phenoxy) is 5. The topological polar surface area (TPSA) is 144 Å². The van der Waals surface area contributed by atoms with Gasteiger partial charge in [-0.05, 0) is 57.7 Å². The Labute approximate surface area is 362 Å². The molecule has 1 aliphatic carbocycles. The standard InChI is InChI=1S/C44H66FN7O7Si2/c1-11-57-31(3)39-41(34-15-13-33(14-16-34)40(45)44(54)58-12-2)49-42-37(35-17-18-38(46-25-35)36-26-47-51(28-36)19-20-59-32(4)53)27-48-52(42)43(39)50(29-55-21-23-60(5,6)7)30-56-22-24-61(8,9)10/h17-18,25-28,33-34,40H,3,11-16,19-24,29-30H2,1-2,4-10H3/t33-,34+,40?. The molecule has 0 radical (unpaired) electrons. The van der Waals surface area contributed by atoms with Crippen LogP contribution in [0.4, 0.5) is 10.2 Å². The van der Waals surface area contributed by atoms with Crippen LogP contribution in [0.2, 0.25) is 51.4 Å². The molecule has 1 atom stereocenters. The summed E-state index contributed by atoms with van der Waals surface area (Å²) in [6, 6.07) is 5.92. The molecule has 0 saturated heterocycles. The number of nitrogens with zero attached hydrogens (tertiary/aromatic N) is 7. The number of esters is 2. The average Bonchev–Trinajstić information content (AvgIpc) is 3.86. The molecule has 4 heterocycles. The molecule has 1 unspecified atom stereocenters. The molecule has 0 amide bonds. The maximum Gasteiger partial charge on any atom is 0.341 e. The lowest BCUT2D eigenvalue weighted by atomic mass is 9.77. The zero-order valence-corrected chi connectivity index (χ0v) is 39.7. The van der Waals surface area contributed by atoms with Gasteiger partial charge in [0, 0.05) is 77.2 Å². The molecular formula is C44H66FN7O7Si2. The number of pyridine rings is 1. The van der Waals surface area contributed by atoms with Gasteiger partial charge in [0.15, 0.2) is 11.8 Å². The number of carbonyl (C=O) groups is 2. The lowest BCUT2D eigenvalue weighted by molar-refractivity contribution is -0.151. The van der Waals surface area contributed by atoms with Gasteiger partial charge in [0.05, 0.1) is 49.1 Å². The quantitative estimate of drug-likeness (QED) is 0.0231. The molecule has 0 aliphatic heterocycles. The van der Waals surface area contributed by atoms with Crippen LogP contribution in [0.15, 0.2) is 43.5 Å². The van der Waals surface area contributed by atoms with Crippen molar-refractivity contribution in [3.05, 3.63) is 54.8 Å². The predicted octanol–water partition coefficient (Wildman–Crippen LogP) is 8.83. The van der Waals surface area contributed by atoms with Crippen molar-refractivity contribution in [1.29, 1.82) is 0 Å². The molecule has 14 nitrogen and oxygen atoms in total. The highest BCUT2D eigenvalue weighted by molar-refractivity contribution is 6.76. The molecule has 4 aromatic rings. The Hall–Kier alpha value is -4.46. The third-order valence-electron chi connectivity index (χ3n) is 10.7. The minimum absolute atomic E-state index is 0.0929. The maximum atomic E-state index is 15.3. The Morgan fingerprint density at radius 3 is 2.10 bits per heavy atom. The number of fused-ring (bicyclic) bond motifs is 1. The van der Waals surface area contributed by atoms with E-state index in [0.29, 0.717) is 74.8 Å². The lowest BCUT2D eigenvalue weighted by Gasteiger charge is -2.33. The number of alkyl halides is 1. The fourth-order valence-corrected chi connectivity index (χ4v) is 8.80. The first-order valence-electron chi connectivity index (χ1n) is 21.6. The number of carbonyl (C=O) groups excluding carboxylic acids is 2. The molecule has 1 saturated carbocycles. The fraction of sp³-hybridized carbons (Fsp3) is 0.591. The van der Waals surface area contributed by atoms with E-state index in [2.05, 4.69) is 55.9 Å². The van der Waals surface area contributed by atoms with Gasteiger partial charge in [-0.15, -0.1) is 0 Å².